The highest BCUT2D eigenvalue weighted by atomic mass is 35.5. The van der Waals surface area contributed by atoms with Gasteiger partial charge in [0.15, 0.2) is 0 Å². The minimum atomic E-state index is -1.02. The van der Waals surface area contributed by atoms with Crippen LogP contribution >= 0.6 is 11.6 Å². The number of hydrogen-bond donors (Lipinski definition) is 1. The summed E-state index contributed by atoms with van der Waals surface area (Å²) >= 11 is 6.13. The quantitative estimate of drug-likeness (QED) is 0.508. The Balaban J connectivity index is 1.63. The van der Waals surface area contributed by atoms with Crippen LogP contribution < -0.4 is 4.90 Å². The van der Waals surface area contributed by atoms with Gasteiger partial charge in [-0.3, -0.25) is 4.79 Å². The Kier molecular flexibility index (Phi) is 4.87. The SMILES string of the molecule is CC(C)[C@]1(c2ccc(Cl)cc2)C[C@]12C(=O)N(Cc1cccc(C(=O)O)c1)c1ccc(F)cc12. The van der Waals surface area contributed by atoms with Gasteiger partial charge in [-0.05, 0) is 71.5 Å². The maximum Gasteiger partial charge on any atom is 0.335 e. The smallest absolute Gasteiger partial charge is 0.335 e. The van der Waals surface area contributed by atoms with E-state index in [2.05, 4.69) is 13.8 Å². The highest BCUT2D eigenvalue weighted by Crippen LogP contribution is 2.73. The molecule has 168 valence electrons. The minimum absolute atomic E-state index is 0.0764. The van der Waals surface area contributed by atoms with E-state index in [4.69, 9.17) is 11.6 Å². The Labute approximate surface area is 196 Å². The Bertz CT molecular complexity index is 1290. The molecular weight excluding hydrogens is 441 g/mol. The summed E-state index contributed by atoms with van der Waals surface area (Å²) in [6.07, 6.45) is 0.584. The highest BCUT2D eigenvalue weighted by molar-refractivity contribution is 6.30. The molecule has 5 rings (SSSR count). The van der Waals surface area contributed by atoms with Crippen molar-refractivity contribution >= 4 is 29.2 Å². The second kappa shape index (κ2) is 7.42. The summed E-state index contributed by atoms with van der Waals surface area (Å²) in [6.45, 7) is 4.40. The van der Waals surface area contributed by atoms with E-state index in [0.717, 1.165) is 5.56 Å². The third-order valence-electron chi connectivity index (χ3n) is 7.36. The van der Waals surface area contributed by atoms with Crippen LogP contribution in [0.25, 0.3) is 0 Å². The fourth-order valence-corrected chi connectivity index (χ4v) is 5.91. The van der Waals surface area contributed by atoms with Crippen molar-refractivity contribution in [2.24, 2.45) is 5.92 Å². The van der Waals surface area contributed by atoms with Crippen molar-refractivity contribution in [2.75, 3.05) is 4.90 Å². The van der Waals surface area contributed by atoms with Crippen LogP contribution in [0.5, 0.6) is 0 Å². The fraction of sp³-hybridized carbons (Fsp3) is 0.259. The second-order valence-corrected chi connectivity index (χ2v) is 9.71. The number of carboxylic acid groups (broad SMARTS) is 1. The van der Waals surface area contributed by atoms with Crippen LogP contribution in [0.3, 0.4) is 0 Å². The van der Waals surface area contributed by atoms with Gasteiger partial charge >= 0.3 is 5.97 Å². The number of nitrogens with zero attached hydrogens (tertiary/aromatic N) is 1. The molecule has 1 aliphatic heterocycles. The van der Waals surface area contributed by atoms with E-state index in [0.29, 0.717) is 28.3 Å². The molecule has 0 radical (unpaired) electrons. The number of aromatic carboxylic acids is 1. The highest BCUT2D eigenvalue weighted by Gasteiger charge is 2.77. The summed E-state index contributed by atoms with van der Waals surface area (Å²) in [4.78, 5) is 27.2. The molecule has 3 aromatic carbocycles. The molecule has 1 N–H and O–H groups in total. The first-order chi connectivity index (χ1) is 15.7. The number of anilines is 1. The number of carbonyl (C=O) groups excluding carboxylic acids is 1. The summed E-state index contributed by atoms with van der Waals surface area (Å²) in [5.74, 6) is -1.36. The van der Waals surface area contributed by atoms with E-state index in [1.54, 1.807) is 29.2 Å². The number of benzene rings is 3. The molecule has 4 nitrogen and oxygen atoms in total. The van der Waals surface area contributed by atoms with E-state index in [-0.39, 0.29) is 29.8 Å². The molecule has 2 aliphatic rings. The van der Waals surface area contributed by atoms with E-state index < -0.39 is 16.8 Å². The molecule has 0 saturated heterocycles. The normalized spacial score (nSPS) is 23.3. The molecule has 1 saturated carbocycles. The molecule has 0 aromatic heterocycles. The predicted molar refractivity (Wildman–Crippen MR) is 125 cm³/mol. The Morgan fingerprint density at radius 2 is 1.85 bits per heavy atom. The molecule has 2 atom stereocenters. The van der Waals surface area contributed by atoms with Gasteiger partial charge in [0.2, 0.25) is 5.91 Å². The van der Waals surface area contributed by atoms with Gasteiger partial charge in [-0.1, -0.05) is 49.7 Å². The van der Waals surface area contributed by atoms with Crippen LogP contribution in [0.1, 0.15) is 47.3 Å². The zero-order chi connectivity index (χ0) is 23.5. The van der Waals surface area contributed by atoms with Crippen molar-refractivity contribution in [1.29, 1.82) is 0 Å². The van der Waals surface area contributed by atoms with Crippen LogP contribution in [-0.4, -0.2) is 17.0 Å². The maximum atomic E-state index is 14.5. The number of fused-ring (bicyclic) bond motifs is 2. The lowest BCUT2D eigenvalue weighted by atomic mass is 9.75. The Hall–Kier alpha value is -3.18. The maximum absolute atomic E-state index is 14.5. The van der Waals surface area contributed by atoms with Crippen molar-refractivity contribution in [1.82, 2.24) is 0 Å². The molecule has 1 spiro atoms. The van der Waals surface area contributed by atoms with E-state index >= 15 is 0 Å². The van der Waals surface area contributed by atoms with Crippen molar-refractivity contribution < 1.29 is 19.1 Å². The topological polar surface area (TPSA) is 57.6 Å². The van der Waals surface area contributed by atoms with E-state index in [1.807, 2.05) is 24.3 Å². The molecule has 1 fully saturated rings. The first-order valence-electron chi connectivity index (χ1n) is 10.9. The number of carboxylic acids is 1. The molecule has 6 heteroatoms. The fourth-order valence-electron chi connectivity index (χ4n) is 5.78. The molecule has 33 heavy (non-hydrogen) atoms. The molecule has 0 bridgehead atoms. The van der Waals surface area contributed by atoms with Crippen LogP contribution in [0, 0.1) is 11.7 Å². The van der Waals surface area contributed by atoms with Gasteiger partial charge in [-0.2, -0.15) is 0 Å². The molecule has 1 amide bonds. The van der Waals surface area contributed by atoms with Crippen LogP contribution in [0.15, 0.2) is 66.7 Å². The number of amides is 1. The van der Waals surface area contributed by atoms with E-state index in [9.17, 15) is 19.1 Å². The zero-order valence-corrected chi connectivity index (χ0v) is 19.1. The minimum Gasteiger partial charge on any atom is -0.478 e. The largest absolute Gasteiger partial charge is 0.478 e. The van der Waals surface area contributed by atoms with Gasteiger partial charge < -0.3 is 10.0 Å². The molecule has 0 unspecified atom stereocenters. The van der Waals surface area contributed by atoms with Gasteiger partial charge in [0.25, 0.3) is 0 Å². The lowest BCUT2D eigenvalue weighted by Crippen LogP contribution is -2.38. The van der Waals surface area contributed by atoms with Crippen LogP contribution in [0.4, 0.5) is 10.1 Å². The third kappa shape index (κ3) is 3.02. The zero-order valence-electron chi connectivity index (χ0n) is 18.3. The van der Waals surface area contributed by atoms with Crippen molar-refractivity contribution in [3.05, 3.63) is 99.8 Å². The standard InChI is InChI=1S/C27H23ClFNO3/c1-16(2)26(19-6-8-20(28)9-7-19)15-27(26)22-13-21(29)10-11-23(22)30(25(27)33)14-17-4-3-5-18(12-17)24(31)32/h3-13,16H,14-15H2,1-2H3,(H,31,32)/t26-,27-/m0/s1. The number of carbonyl (C=O) groups is 2. The average molecular weight is 464 g/mol. The summed E-state index contributed by atoms with van der Waals surface area (Å²) in [7, 11) is 0. The van der Waals surface area contributed by atoms with Crippen molar-refractivity contribution in [3.63, 3.8) is 0 Å². The van der Waals surface area contributed by atoms with Crippen molar-refractivity contribution in [2.45, 2.75) is 37.6 Å². The monoisotopic (exact) mass is 463 g/mol. The number of hydrogen-bond acceptors (Lipinski definition) is 2. The van der Waals surface area contributed by atoms with Gasteiger partial charge in [-0.15, -0.1) is 0 Å². The number of rotatable bonds is 5. The summed E-state index contributed by atoms with van der Waals surface area (Å²) in [5.41, 5.74) is 1.92. The first-order valence-corrected chi connectivity index (χ1v) is 11.3. The average Bonchev–Trinajstić information content (AvgIpc) is 3.45. The number of halogens is 2. The lowest BCUT2D eigenvalue weighted by molar-refractivity contribution is -0.121. The predicted octanol–water partition coefficient (Wildman–Crippen LogP) is 5.96. The van der Waals surface area contributed by atoms with Crippen molar-refractivity contribution in [3.8, 4) is 0 Å². The molecule has 1 aliphatic carbocycles. The summed E-state index contributed by atoms with van der Waals surface area (Å²) in [6, 6.07) is 18.7. The van der Waals surface area contributed by atoms with Crippen LogP contribution in [-0.2, 0) is 22.2 Å². The Morgan fingerprint density at radius 3 is 2.52 bits per heavy atom. The summed E-state index contributed by atoms with van der Waals surface area (Å²) < 4.78 is 14.5. The van der Waals surface area contributed by atoms with Gasteiger partial charge in [0, 0.05) is 16.1 Å². The first kappa shape index (κ1) is 21.7. The van der Waals surface area contributed by atoms with Crippen LogP contribution in [0.2, 0.25) is 5.02 Å². The van der Waals surface area contributed by atoms with Gasteiger partial charge in [0.1, 0.15) is 5.82 Å². The molecular formula is C27H23ClFNO3. The Morgan fingerprint density at radius 1 is 1.12 bits per heavy atom. The second-order valence-electron chi connectivity index (χ2n) is 9.27. The van der Waals surface area contributed by atoms with E-state index in [1.165, 1.54) is 18.2 Å². The molecule has 3 aromatic rings. The van der Waals surface area contributed by atoms with Gasteiger partial charge in [0.05, 0.1) is 17.5 Å². The summed E-state index contributed by atoms with van der Waals surface area (Å²) in [5, 5.41) is 9.97. The third-order valence-corrected chi connectivity index (χ3v) is 7.61. The van der Waals surface area contributed by atoms with Gasteiger partial charge in [-0.25, -0.2) is 9.18 Å². The lowest BCUT2D eigenvalue weighted by Gasteiger charge is -2.27. The molecule has 1 heterocycles.